The van der Waals surface area contributed by atoms with Gasteiger partial charge in [0, 0.05) is 33.9 Å². The minimum absolute atomic E-state index is 0.0592. The molecule has 7 rings (SSSR count). The molecule has 1 spiro atoms. The summed E-state index contributed by atoms with van der Waals surface area (Å²) >= 11 is 0. The Kier molecular flexibility index (Phi) is 3.57. The molecule has 1 saturated carbocycles. The van der Waals surface area contributed by atoms with Gasteiger partial charge >= 0.3 is 0 Å². The summed E-state index contributed by atoms with van der Waals surface area (Å²) in [6.45, 7) is 2.16. The van der Waals surface area contributed by atoms with E-state index in [9.17, 15) is 0 Å². The maximum Gasteiger partial charge on any atom is 0.227 e. The van der Waals surface area contributed by atoms with Crippen LogP contribution in [0.25, 0.3) is 44.5 Å². The molecule has 156 valence electrons. The Morgan fingerprint density at radius 2 is 1.72 bits per heavy atom. The molecule has 2 aromatic carbocycles. The van der Waals surface area contributed by atoms with Crippen LogP contribution in [0.1, 0.15) is 42.5 Å². The van der Waals surface area contributed by atoms with Gasteiger partial charge in [-0.1, -0.05) is 49.2 Å². The van der Waals surface area contributed by atoms with E-state index in [0.717, 1.165) is 33.3 Å². The lowest BCUT2D eigenvalue weighted by atomic mass is 9.79. The van der Waals surface area contributed by atoms with Crippen LogP contribution in [0.4, 0.5) is 0 Å². The van der Waals surface area contributed by atoms with Gasteiger partial charge in [-0.2, -0.15) is 0 Å². The first-order chi connectivity index (χ1) is 15.7. The third-order valence-corrected chi connectivity index (χ3v) is 7.80. The fraction of sp³-hybridized carbons (Fsp3) is 0.241. The summed E-state index contributed by atoms with van der Waals surface area (Å²) in [6, 6.07) is 22.0. The molecule has 0 unspecified atom stereocenters. The second-order valence-corrected chi connectivity index (χ2v) is 9.51. The van der Waals surface area contributed by atoms with E-state index in [2.05, 4.69) is 85.4 Å². The van der Waals surface area contributed by atoms with E-state index in [1.54, 1.807) is 0 Å². The van der Waals surface area contributed by atoms with E-state index in [1.807, 2.05) is 0 Å². The van der Waals surface area contributed by atoms with Crippen LogP contribution in [0.3, 0.4) is 0 Å². The van der Waals surface area contributed by atoms with E-state index < -0.39 is 0 Å². The molecule has 0 aliphatic heterocycles. The summed E-state index contributed by atoms with van der Waals surface area (Å²) in [4.78, 5) is 5.26. The average molecular weight is 418 g/mol. The monoisotopic (exact) mass is 417 g/mol. The molecule has 0 bridgehead atoms. The number of hydrogen-bond donors (Lipinski definition) is 0. The Morgan fingerprint density at radius 3 is 2.56 bits per heavy atom. The Balaban J connectivity index is 1.57. The SMILES string of the molecule is Cc1ccc2c(oc3nc4c(cc32)-c2ccccc2C42CCCC2)c1-c1cccc[n+]1C. The standard InChI is InChI=1S/C29H25N2O/c1-18-12-13-20-22-17-21-19-9-3-4-10-23(19)29(14-6-7-15-29)27(21)30-28(22)32-26(20)25(18)24-11-5-8-16-31(24)2/h3-5,8-13,16-17H,6-7,14-15H2,1-2H3/q+1. The first kappa shape index (κ1) is 18.1. The highest BCUT2D eigenvalue weighted by Gasteiger charge is 2.46. The second kappa shape index (κ2) is 6.29. The first-order valence-electron chi connectivity index (χ1n) is 11.6. The molecule has 0 N–H and O–H groups in total. The van der Waals surface area contributed by atoms with Gasteiger partial charge in [0.05, 0.1) is 11.3 Å². The molecule has 0 saturated heterocycles. The molecule has 3 heteroatoms. The zero-order valence-corrected chi connectivity index (χ0v) is 18.5. The Labute approximate surface area is 187 Å². The highest BCUT2D eigenvalue weighted by molar-refractivity contribution is 6.10. The fourth-order valence-corrected chi connectivity index (χ4v) is 6.28. The molecule has 1 fully saturated rings. The quantitative estimate of drug-likeness (QED) is 0.287. The van der Waals surface area contributed by atoms with Crippen molar-refractivity contribution in [2.75, 3.05) is 0 Å². The Bertz CT molecular complexity index is 1550. The predicted molar refractivity (Wildman–Crippen MR) is 128 cm³/mol. The van der Waals surface area contributed by atoms with Gasteiger partial charge in [0.2, 0.25) is 11.4 Å². The maximum absolute atomic E-state index is 6.58. The zero-order valence-electron chi connectivity index (χ0n) is 18.5. The zero-order chi connectivity index (χ0) is 21.4. The van der Waals surface area contributed by atoms with Crippen LogP contribution in [0.15, 0.2) is 71.3 Å². The summed E-state index contributed by atoms with van der Waals surface area (Å²) in [5.74, 6) is 0. The van der Waals surface area contributed by atoms with E-state index in [1.165, 1.54) is 53.6 Å². The first-order valence-corrected chi connectivity index (χ1v) is 11.6. The van der Waals surface area contributed by atoms with Gasteiger partial charge in [0.25, 0.3) is 0 Å². The summed E-state index contributed by atoms with van der Waals surface area (Å²) in [5, 5.41) is 2.26. The van der Waals surface area contributed by atoms with Crippen LogP contribution in [-0.4, -0.2) is 4.98 Å². The average Bonchev–Trinajstić information content (AvgIpc) is 3.50. The van der Waals surface area contributed by atoms with Crippen molar-refractivity contribution in [2.45, 2.75) is 38.0 Å². The van der Waals surface area contributed by atoms with Crippen molar-refractivity contribution in [1.29, 1.82) is 0 Å². The lowest BCUT2D eigenvalue weighted by molar-refractivity contribution is -0.660. The third-order valence-electron chi connectivity index (χ3n) is 7.80. The number of aromatic nitrogens is 2. The molecule has 3 heterocycles. The van der Waals surface area contributed by atoms with Crippen molar-refractivity contribution in [3.05, 3.63) is 83.7 Å². The minimum Gasteiger partial charge on any atom is -0.437 e. The second-order valence-electron chi connectivity index (χ2n) is 9.51. The van der Waals surface area contributed by atoms with Crippen molar-refractivity contribution in [3.63, 3.8) is 0 Å². The smallest absolute Gasteiger partial charge is 0.227 e. The summed E-state index contributed by atoms with van der Waals surface area (Å²) in [6.07, 6.45) is 6.98. The number of fused-ring (bicyclic) bond motifs is 8. The summed E-state index contributed by atoms with van der Waals surface area (Å²) in [7, 11) is 2.09. The largest absolute Gasteiger partial charge is 0.437 e. The maximum atomic E-state index is 6.58. The number of rotatable bonds is 1. The summed E-state index contributed by atoms with van der Waals surface area (Å²) < 4.78 is 8.74. The molecular formula is C29H25N2O+. The van der Waals surface area contributed by atoms with Crippen LogP contribution in [0.5, 0.6) is 0 Å². The van der Waals surface area contributed by atoms with Crippen LogP contribution in [0.2, 0.25) is 0 Å². The number of pyridine rings is 2. The van der Waals surface area contributed by atoms with Crippen molar-refractivity contribution in [2.24, 2.45) is 7.05 Å². The molecule has 0 amide bonds. The molecule has 3 nitrogen and oxygen atoms in total. The van der Waals surface area contributed by atoms with Gasteiger partial charge in [0.15, 0.2) is 11.8 Å². The number of nitrogens with zero attached hydrogens (tertiary/aromatic N) is 2. The van der Waals surface area contributed by atoms with Crippen LogP contribution in [-0.2, 0) is 12.5 Å². The topological polar surface area (TPSA) is 29.9 Å². The lowest BCUT2D eigenvalue weighted by Gasteiger charge is -2.24. The fourth-order valence-electron chi connectivity index (χ4n) is 6.28. The number of furan rings is 1. The van der Waals surface area contributed by atoms with Gasteiger partial charge < -0.3 is 4.42 Å². The summed E-state index contributed by atoms with van der Waals surface area (Å²) in [5.41, 5.74) is 10.6. The molecular weight excluding hydrogens is 392 g/mol. The van der Waals surface area contributed by atoms with E-state index in [4.69, 9.17) is 9.40 Å². The van der Waals surface area contributed by atoms with Gasteiger partial charge in [-0.3, -0.25) is 0 Å². The van der Waals surface area contributed by atoms with Crippen LogP contribution in [0, 0.1) is 6.92 Å². The Morgan fingerprint density at radius 1 is 0.906 bits per heavy atom. The predicted octanol–water partition coefficient (Wildman–Crippen LogP) is 6.62. The molecule has 2 aliphatic carbocycles. The number of benzene rings is 2. The normalized spacial score (nSPS) is 16.2. The molecule has 32 heavy (non-hydrogen) atoms. The Hall–Kier alpha value is -3.46. The molecule has 0 atom stereocenters. The lowest BCUT2D eigenvalue weighted by Crippen LogP contribution is -2.30. The highest BCUT2D eigenvalue weighted by atomic mass is 16.3. The number of aryl methyl sites for hydroxylation is 2. The van der Waals surface area contributed by atoms with Crippen molar-refractivity contribution in [1.82, 2.24) is 4.98 Å². The van der Waals surface area contributed by atoms with Gasteiger partial charge in [-0.25, -0.2) is 9.55 Å². The van der Waals surface area contributed by atoms with Crippen molar-refractivity contribution >= 4 is 22.1 Å². The van der Waals surface area contributed by atoms with Crippen molar-refractivity contribution < 1.29 is 8.98 Å². The molecule has 2 aliphatic rings. The molecule has 5 aromatic rings. The van der Waals surface area contributed by atoms with Gasteiger partial charge in [-0.05, 0) is 48.6 Å². The third kappa shape index (κ3) is 2.21. The molecule has 0 radical (unpaired) electrons. The van der Waals surface area contributed by atoms with Crippen LogP contribution >= 0.6 is 0 Å². The van der Waals surface area contributed by atoms with Gasteiger partial charge in [-0.15, -0.1) is 0 Å². The minimum atomic E-state index is 0.0592. The number of hydrogen-bond acceptors (Lipinski definition) is 2. The molecule has 3 aromatic heterocycles. The van der Waals surface area contributed by atoms with E-state index in [0.29, 0.717) is 0 Å². The van der Waals surface area contributed by atoms with Crippen molar-refractivity contribution in [3.8, 4) is 22.4 Å². The van der Waals surface area contributed by atoms with E-state index in [-0.39, 0.29) is 5.41 Å². The van der Waals surface area contributed by atoms with Gasteiger partial charge in [0.1, 0.15) is 7.05 Å². The van der Waals surface area contributed by atoms with E-state index >= 15 is 0 Å². The van der Waals surface area contributed by atoms with Crippen LogP contribution < -0.4 is 4.57 Å². The highest BCUT2D eigenvalue weighted by Crippen LogP contribution is 2.56.